The Morgan fingerprint density at radius 1 is 1.55 bits per heavy atom. The minimum atomic E-state index is 0.334. The van der Waals surface area contributed by atoms with Crippen LogP contribution in [0, 0.1) is 13.8 Å². The van der Waals surface area contributed by atoms with Crippen LogP contribution in [0.25, 0.3) is 0 Å². The van der Waals surface area contributed by atoms with Gasteiger partial charge in [0.1, 0.15) is 5.76 Å². The first kappa shape index (κ1) is 8.65. The lowest BCUT2D eigenvalue weighted by atomic mass is 10.2. The van der Waals surface area contributed by atoms with Crippen LogP contribution in [-0.2, 0) is 6.42 Å². The van der Waals surface area contributed by atoms with E-state index in [0.29, 0.717) is 5.25 Å². The molecule has 0 aliphatic carbocycles. The van der Waals surface area contributed by atoms with E-state index in [1.165, 1.54) is 0 Å². The Morgan fingerprint density at radius 3 is 2.55 bits per heavy atom. The molecule has 0 aliphatic rings. The fourth-order valence-electron chi connectivity index (χ4n) is 1.03. The van der Waals surface area contributed by atoms with Crippen molar-refractivity contribution in [3.05, 3.63) is 17.3 Å². The summed E-state index contributed by atoms with van der Waals surface area (Å²) in [5.41, 5.74) is 0.989. The maximum atomic E-state index is 5.37. The summed E-state index contributed by atoms with van der Waals surface area (Å²) in [6, 6.07) is 0. The molecule has 0 saturated heterocycles. The molecule has 0 spiro atoms. The van der Waals surface area contributed by atoms with Crippen molar-refractivity contribution in [3.63, 3.8) is 0 Å². The third kappa shape index (κ3) is 2.26. The topological polar surface area (TPSA) is 26.0 Å². The van der Waals surface area contributed by atoms with Crippen molar-refractivity contribution >= 4 is 12.6 Å². The van der Waals surface area contributed by atoms with Gasteiger partial charge in [-0.15, -0.1) is 0 Å². The Hall–Kier alpha value is -0.440. The summed E-state index contributed by atoms with van der Waals surface area (Å²) in [5, 5.41) is 0.334. The van der Waals surface area contributed by atoms with Crippen LogP contribution in [0.4, 0.5) is 0 Å². The number of oxazole rings is 1. The lowest BCUT2D eigenvalue weighted by Crippen LogP contribution is -1.97. The highest BCUT2D eigenvalue weighted by atomic mass is 32.1. The van der Waals surface area contributed by atoms with Gasteiger partial charge in [0.05, 0.1) is 5.69 Å². The van der Waals surface area contributed by atoms with E-state index in [-0.39, 0.29) is 0 Å². The fourth-order valence-corrected chi connectivity index (χ4v) is 1.20. The highest BCUT2D eigenvalue weighted by molar-refractivity contribution is 7.80. The Labute approximate surface area is 72.4 Å². The van der Waals surface area contributed by atoms with Crippen molar-refractivity contribution in [1.29, 1.82) is 0 Å². The van der Waals surface area contributed by atoms with Crippen LogP contribution in [0.15, 0.2) is 4.42 Å². The molecule has 1 unspecified atom stereocenters. The minimum absolute atomic E-state index is 0.334. The monoisotopic (exact) mass is 171 g/mol. The van der Waals surface area contributed by atoms with Gasteiger partial charge in [-0.2, -0.15) is 12.6 Å². The molecule has 1 aromatic heterocycles. The first-order valence-electron chi connectivity index (χ1n) is 3.70. The summed E-state index contributed by atoms with van der Waals surface area (Å²) in [4.78, 5) is 4.16. The van der Waals surface area contributed by atoms with E-state index in [2.05, 4.69) is 17.6 Å². The van der Waals surface area contributed by atoms with Gasteiger partial charge in [-0.3, -0.25) is 0 Å². The molecule has 1 heterocycles. The predicted molar refractivity (Wildman–Crippen MR) is 48.1 cm³/mol. The third-order valence-corrected chi connectivity index (χ3v) is 1.66. The van der Waals surface area contributed by atoms with Gasteiger partial charge in [0.25, 0.3) is 0 Å². The first-order chi connectivity index (χ1) is 5.09. The van der Waals surface area contributed by atoms with Crippen molar-refractivity contribution in [2.24, 2.45) is 0 Å². The van der Waals surface area contributed by atoms with Crippen LogP contribution in [0.5, 0.6) is 0 Å². The maximum Gasteiger partial charge on any atom is 0.191 e. The molecule has 1 rings (SSSR count). The minimum Gasteiger partial charge on any atom is -0.446 e. The van der Waals surface area contributed by atoms with E-state index in [1.807, 2.05) is 20.8 Å². The Bertz CT molecular complexity index is 242. The van der Waals surface area contributed by atoms with E-state index < -0.39 is 0 Å². The van der Waals surface area contributed by atoms with Gasteiger partial charge >= 0.3 is 0 Å². The molecule has 0 saturated carbocycles. The lowest BCUT2D eigenvalue weighted by Gasteiger charge is -1.99. The van der Waals surface area contributed by atoms with Crippen molar-refractivity contribution in [3.8, 4) is 0 Å². The van der Waals surface area contributed by atoms with Gasteiger partial charge < -0.3 is 4.42 Å². The van der Waals surface area contributed by atoms with E-state index in [9.17, 15) is 0 Å². The summed E-state index contributed by atoms with van der Waals surface area (Å²) in [6.45, 7) is 5.86. The zero-order chi connectivity index (χ0) is 8.43. The number of hydrogen-bond acceptors (Lipinski definition) is 3. The average molecular weight is 171 g/mol. The van der Waals surface area contributed by atoms with E-state index >= 15 is 0 Å². The molecule has 0 radical (unpaired) electrons. The van der Waals surface area contributed by atoms with E-state index in [0.717, 1.165) is 23.8 Å². The van der Waals surface area contributed by atoms with Crippen LogP contribution >= 0.6 is 12.6 Å². The molecule has 0 aromatic carbocycles. The van der Waals surface area contributed by atoms with Crippen LogP contribution in [-0.4, -0.2) is 10.2 Å². The Balaban J connectivity index is 2.77. The molecular weight excluding hydrogens is 158 g/mol. The number of hydrogen-bond donors (Lipinski definition) is 1. The molecule has 0 bridgehead atoms. The molecule has 11 heavy (non-hydrogen) atoms. The van der Waals surface area contributed by atoms with Crippen LogP contribution < -0.4 is 0 Å². The quantitative estimate of drug-likeness (QED) is 0.690. The Morgan fingerprint density at radius 2 is 2.18 bits per heavy atom. The van der Waals surface area contributed by atoms with Crippen LogP contribution in [0.3, 0.4) is 0 Å². The third-order valence-electron chi connectivity index (χ3n) is 1.48. The molecule has 1 atom stereocenters. The predicted octanol–water partition coefficient (Wildman–Crippen LogP) is 2.15. The van der Waals surface area contributed by atoms with Crippen molar-refractivity contribution in [2.45, 2.75) is 32.4 Å². The van der Waals surface area contributed by atoms with Crippen molar-refractivity contribution in [1.82, 2.24) is 4.98 Å². The van der Waals surface area contributed by atoms with Gasteiger partial charge in [0, 0.05) is 18.6 Å². The molecule has 0 N–H and O–H groups in total. The van der Waals surface area contributed by atoms with Gasteiger partial charge in [0.15, 0.2) is 5.89 Å². The lowest BCUT2D eigenvalue weighted by molar-refractivity contribution is 0.473. The maximum absolute atomic E-state index is 5.37. The summed E-state index contributed by atoms with van der Waals surface area (Å²) >= 11 is 4.28. The van der Waals surface area contributed by atoms with Crippen LogP contribution in [0.1, 0.15) is 24.3 Å². The molecule has 62 valence electrons. The summed E-state index contributed by atoms with van der Waals surface area (Å²) in [7, 11) is 0. The average Bonchev–Trinajstić information content (AvgIpc) is 2.09. The van der Waals surface area contributed by atoms with Gasteiger partial charge in [0.2, 0.25) is 0 Å². The zero-order valence-electron chi connectivity index (χ0n) is 7.09. The molecule has 0 aliphatic heterocycles. The Kier molecular flexibility index (Phi) is 2.60. The fraction of sp³-hybridized carbons (Fsp3) is 0.625. The highest BCUT2D eigenvalue weighted by Gasteiger charge is 2.07. The largest absolute Gasteiger partial charge is 0.446 e. The number of nitrogens with zero attached hydrogens (tertiary/aromatic N) is 1. The standard InChI is InChI=1S/C8H13NOS/c1-5(11)4-8-6(2)9-7(3)10-8/h5,11H,4H2,1-3H3. The molecule has 3 heteroatoms. The molecule has 2 nitrogen and oxygen atoms in total. The van der Waals surface area contributed by atoms with Gasteiger partial charge in [-0.05, 0) is 6.92 Å². The summed E-state index contributed by atoms with van der Waals surface area (Å²) in [5.74, 6) is 1.71. The SMILES string of the molecule is Cc1nc(C)c(CC(C)S)o1. The molecule has 0 fully saturated rings. The van der Waals surface area contributed by atoms with Gasteiger partial charge in [-0.25, -0.2) is 4.98 Å². The normalized spacial score (nSPS) is 13.5. The summed E-state index contributed by atoms with van der Waals surface area (Å²) < 4.78 is 5.37. The first-order valence-corrected chi connectivity index (χ1v) is 4.22. The molecular formula is C8H13NOS. The van der Waals surface area contributed by atoms with E-state index in [4.69, 9.17) is 4.42 Å². The number of aromatic nitrogens is 1. The second kappa shape index (κ2) is 3.30. The summed E-state index contributed by atoms with van der Waals surface area (Å²) in [6.07, 6.45) is 0.857. The van der Waals surface area contributed by atoms with Crippen molar-refractivity contribution in [2.75, 3.05) is 0 Å². The highest BCUT2D eigenvalue weighted by Crippen LogP contribution is 2.13. The molecule has 0 amide bonds. The molecule has 1 aromatic rings. The second-order valence-corrected chi connectivity index (χ2v) is 3.68. The number of rotatable bonds is 2. The van der Waals surface area contributed by atoms with Crippen molar-refractivity contribution < 1.29 is 4.42 Å². The van der Waals surface area contributed by atoms with E-state index in [1.54, 1.807) is 0 Å². The number of aryl methyl sites for hydroxylation is 2. The smallest absolute Gasteiger partial charge is 0.191 e. The van der Waals surface area contributed by atoms with Crippen LogP contribution in [0.2, 0.25) is 0 Å². The zero-order valence-corrected chi connectivity index (χ0v) is 7.98. The number of thiol groups is 1. The second-order valence-electron chi connectivity index (χ2n) is 2.79. The van der Waals surface area contributed by atoms with Gasteiger partial charge in [-0.1, -0.05) is 6.92 Å².